The lowest BCUT2D eigenvalue weighted by Gasteiger charge is -2.22. The molecular weight excluding hydrogens is 418 g/mol. The van der Waals surface area contributed by atoms with Gasteiger partial charge in [-0.25, -0.2) is 0 Å². The molecule has 0 atom stereocenters. The van der Waals surface area contributed by atoms with Crippen LogP contribution >= 0.6 is 45.2 Å². The van der Waals surface area contributed by atoms with E-state index in [1.165, 1.54) is 32.1 Å². The molecule has 0 radical (unpaired) electrons. The monoisotopic (exact) mass is 430 g/mol. The Morgan fingerprint density at radius 1 is 0.933 bits per heavy atom. The minimum atomic E-state index is 0.549. The zero-order chi connectivity index (χ0) is 10.7. The Morgan fingerprint density at radius 2 is 1.53 bits per heavy atom. The zero-order valence-corrected chi connectivity index (χ0v) is 12.5. The minimum Gasteiger partial charge on any atom is -0.351 e. The molecule has 1 aromatic heterocycles. The maximum atomic E-state index is 4.28. The van der Waals surface area contributed by atoms with Crippen molar-refractivity contribution in [2.24, 2.45) is 0 Å². The molecule has 15 heavy (non-hydrogen) atoms. The summed E-state index contributed by atoms with van der Waals surface area (Å²) in [4.78, 5) is 12.7. The molecule has 82 valence electrons. The molecule has 0 aliphatic heterocycles. The van der Waals surface area contributed by atoms with Crippen LogP contribution < -0.4 is 5.32 Å². The van der Waals surface area contributed by atoms with E-state index in [2.05, 4.69) is 65.5 Å². The van der Waals surface area contributed by atoms with E-state index in [0.717, 1.165) is 13.6 Å². The van der Waals surface area contributed by atoms with Gasteiger partial charge in [0, 0.05) is 51.2 Å². The lowest BCUT2D eigenvalue weighted by molar-refractivity contribution is 0.460. The third kappa shape index (κ3) is 3.65. The van der Waals surface area contributed by atoms with Crippen molar-refractivity contribution >= 4 is 51.1 Å². The molecule has 0 bridgehead atoms. The summed E-state index contributed by atoms with van der Waals surface area (Å²) in [5.41, 5.74) is 0. The summed E-state index contributed by atoms with van der Waals surface area (Å²) in [5, 5.41) is 3.39. The van der Waals surface area contributed by atoms with Crippen LogP contribution in [0.25, 0.3) is 0 Å². The molecular formula is C9H12I2N4. The van der Waals surface area contributed by atoms with Gasteiger partial charge in [0.2, 0.25) is 5.95 Å². The van der Waals surface area contributed by atoms with E-state index in [0.29, 0.717) is 6.04 Å². The largest absolute Gasteiger partial charge is 0.351 e. The van der Waals surface area contributed by atoms with Crippen molar-refractivity contribution in [2.45, 2.75) is 38.1 Å². The zero-order valence-electron chi connectivity index (χ0n) is 8.21. The van der Waals surface area contributed by atoms with Gasteiger partial charge in [-0.15, -0.1) is 0 Å². The maximum Gasteiger partial charge on any atom is 0.227 e. The summed E-state index contributed by atoms with van der Waals surface area (Å²) in [6.07, 6.45) is 6.47. The van der Waals surface area contributed by atoms with Crippen LogP contribution in [0.15, 0.2) is 0 Å². The Hall–Kier alpha value is 0.270. The molecule has 0 saturated heterocycles. The van der Waals surface area contributed by atoms with Gasteiger partial charge in [0.05, 0.1) is 0 Å². The van der Waals surface area contributed by atoms with Crippen LogP contribution in [0.4, 0.5) is 5.95 Å². The van der Waals surface area contributed by atoms with Gasteiger partial charge < -0.3 is 5.32 Å². The first kappa shape index (κ1) is 11.7. The molecule has 6 heteroatoms. The quantitative estimate of drug-likeness (QED) is 0.734. The average Bonchev–Trinajstić information content (AvgIpc) is 2.17. The van der Waals surface area contributed by atoms with Gasteiger partial charge in [-0.05, 0) is 12.8 Å². The van der Waals surface area contributed by atoms with E-state index in [4.69, 9.17) is 0 Å². The third-order valence-electron chi connectivity index (χ3n) is 2.52. The van der Waals surface area contributed by atoms with E-state index >= 15 is 0 Å². The van der Waals surface area contributed by atoms with E-state index in [9.17, 15) is 0 Å². The van der Waals surface area contributed by atoms with Crippen LogP contribution in [0.3, 0.4) is 0 Å². The fraction of sp³-hybridized carbons (Fsp3) is 0.667. The van der Waals surface area contributed by atoms with Crippen molar-refractivity contribution < 1.29 is 0 Å². The predicted molar refractivity (Wildman–Crippen MR) is 75.8 cm³/mol. The van der Waals surface area contributed by atoms with Crippen molar-refractivity contribution in [1.82, 2.24) is 15.0 Å². The molecule has 2 rings (SSSR count). The smallest absolute Gasteiger partial charge is 0.227 e. The fourth-order valence-corrected chi connectivity index (χ4v) is 3.20. The summed E-state index contributed by atoms with van der Waals surface area (Å²) in [6, 6.07) is 0.549. The van der Waals surface area contributed by atoms with Gasteiger partial charge in [0.15, 0.2) is 7.66 Å². The predicted octanol–water partition coefficient (Wildman–Crippen LogP) is 2.83. The summed E-state index contributed by atoms with van der Waals surface area (Å²) in [7, 11) is 0. The highest BCUT2D eigenvalue weighted by atomic mass is 127. The Bertz CT molecular complexity index is 319. The summed E-state index contributed by atoms with van der Waals surface area (Å²) >= 11 is 4.24. The van der Waals surface area contributed by atoms with Crippen LogP contribution in [-0.2, 0) is 0 Å². The van der Waals surface area contributed by atoms with E-state index < -0.39 is 0 Å². The van der Waals surface area contributed by atoms with Gasteiger partial charge in [0.1, 0.15) is 0 Å². The molecule has 0 unspecified atom stereocenters. The van der Waals surface area contributed by atoms with E-state index in [-0.39, 0.29) is 0 Å². The first-order chi connectivity index (χ1) is 7.24. The summed E-state index contributed by atoms with van der Waals surface area (Å²) < 4.78 is 1.51. The average molecular weight is 430 g/mol. The lowest BCUT2D eigenvalue weighted by atomic mass is 9.96. The maximum absolute atomic E-state index is 4.28. The number of anilines is 1. The first-order valence-electron chi connectivity index (χ1n) is 5.07. The SMILES string of the molecule is Ic1nc(I)nc(NC2CCCCC2)n1. The molecule has 1 saturated carbocycles. The second-order valence-corrected chi connectivity index (χ2v) is 5.61. The number of hydrogen-bond acceptors (Lipinski definition) is 4. The van der Waals surface area contributed by atoms with Crippen molar-refractivity contribution in [3.63, 3.8) is 0 Å². The highest BCUT2D eigenvalue weighted by molar-refractivity contribution is 14.1. The van der Waals surface area contributed by atoms with Gasteiger partial charge in [-0.3, -0.25) is 0 Å². The second kappa shape index (κ2) is 5.55. The highest BCUT2D eigenvalue weighted by Gasteiger charge is 2.14. The van der Waals surface area contributed by atoms with Gasteiger partial charge in [0.25, 0.3) is 0 Å². The molecule has 0 amide bonds. The summed E-state index contributed by atoms with van der Waals surface area (Å²) in [5.74, 6) is 0.728. The van der Waals surface area contributed by atoms with E-state index in [1.807, 2.05) is 0 Å². The normalized spacial score (nSPS) is 17.7. The molecule has 1 fully saturated rings. The molecule has 1 aromatic rings. The van der Waals surface area contributed by atoms with E-state index in [1.54, 1.807) is 0 Å². The highest BCUT2D eigenvalue weighted by Crippen LogP contribution is 2.20. The number of nitrogens with zero attached hydrogens (tertiary/aromatic N) is 3. The first-order valence-corrected chi connectivity index (χ1v) is 7.23. The van der Waals surface area contributed by atoms with Crippen LogP contribution in [0.1, 0.15) is 32.1 Å². The number of hydrogen-bond donors (Lipinski definition) is 1. The van der Waals surface area contributed by atoms with Gasteiger partial charge >= 0.3 is 0 Å². The van der Waals surface area contributed by atoms with Crippen molar-refractivity contribution in [3.05, 3.63) is 7.66 Å². The van der Waals surface area contributed by atoms with Gasteiger partial charge in [-0.2, -0.15) is 15.0 Å². The van der Waals surface area contributed by atoms with Crippen LogP contribution in [0.5, 0.6) is 0 Å². The molecule has 4 nitrogen and oxygen atoms in total. The number of rotatable bonds is 2. The third-order valence-corrected chi connectivity index (χ3v) is 3.48. The Labute approximate surface area is 116 Å². The lowest BCUT2D eigenvalue weighted by Crippen LogP contribution is -2.24. The Balaban J connectivity index is 2.02. The number of nitrogens with one attached hydrogen (secondary N) is 1. The number of aromatic nitrogens is 3. The van der Waals surface area contributed by atoms with Gasteiger partial charge in [-0.1, -0.05) is 19.3 Å². The molecule has 1 heterocycles. The molecule has 1 aliphatic rings. The van der Waals surface area contributed by atoms with Crippen molar-refractivity contribution in [1.29, 1.82) is 0 Å². The van der Waals surface area contributed by atoms with Crippen molar-refractivity contribution in [2.75, 3.05) is 5.32 Å². The molecule has 1 aliphatic carbocycles. The standard InChI is InChI=1S/C9H12I2N4/c10-7-13-8(11)15-9(14-7)12-6-4-2-1-3-5-6/h6H,1-5H2,(H,12,13,14,15). The molecule has 0 aromatic carbocycles. The minimum absolute atomic E-state index is 0.549. The Morgan fingerprint density at radius 3 is 2.13 bits per heavy atom. The van der Waals surface area contributed by atoms with Crippen LogP contribution in [-0.4, -0.2) is 21.0 Å². The molecule has 0 spiro atoms. The number of halogens is 2. The summed E-state index contributed by atoms with van der Waals surface area (Å²) in [6.45, 7) is 0. The van der Waals surface area contributed by atoms with Crippen LogP contribution in [0.2, 0.25) is 0 Å². The molecule has 1 N–H and O–H groups in total. The fourth-order valence-electron chi connectivity index (χ4n) is 1.82. The van der Waals surface area contributed by atoms with Crippen LogP contribution in [0, 0.1) is 7.66 Å². The Kier molecular flexibility index (Phi) is 4.35. The topological polar surface area (TPSA) is 50.7 Å². The van der Waals surface area contributed by atoms with Crippen molar-refractivity contribution in [3.8, 4) is 0 Å². The second-order valence-electron chi connectivity index (χ2n) is 3.68.